The number of carbonyl (C=O) groups is 1. The molecule has 0 aliphatic heterocycles. The quantitative estimate of drug-likeness (QED) is 0.702. The van der Waals surface area contributed by atoms with Gasteiger partial charge in [-0.3, -0.25) is 4.79 Å². The topological polar surface area (TPSA) is 55.1 Å². The summed E-state index contributed by atoms with van der Waals surface area (Å²) in [6.07, 6.45) is 6.21. The van der Waals surface area contributed by atoms with Gasteiger partial charge in [0.25, 0.3) is 0 Å². The third-order valence-electron chi connectivity index (χ3n) is 4.56. The van der Waals surface area contributed by atoms with E-state index in [4.69, 9.17) is 9.40 Å². The van der Waals surface area contributed by atoms with Crippen molar-refractivity contribution in [2.45, 2.75) is 37.3 Å². The van der Waals surface area contributed by atoms with Crippen LogP contribution in [0.25, 0.3) is 10.9 Å². The van der Waals surface area contributed by atoms with Crippen LogP contribution in [0, 0.1) is 0 Å². The number of benzene rings is 1. The van der Waals surface area contributed by atoms with E-state index in [2.05, 4.69) is 23.5 Å². The number of fused-ring (bicyclic) bond motifs is 3. The molecule has 3 aromatic rings. The molecule has 1 aromatic carbocycles. The van der Waals surface area contributed by atoms with Gasteiger partial charge in [0, 0.05) is 5.39 Å². The van der Waals surface area contributed by atoms with Crippen LogP contribution in [0.5, 0.6) is 0 Å². The summed E-state index contributed by atoms with van der Waals surface area (Å²) >= 11 is 1.54. The zero-order valence-corrected chi connectivity index (χ0v) is 14.8. The van der Waals surface area contributed by atoms with Crippen LogP contribution in [0.1, 0.15) is 29.7 Å². The highest BCUT2D eigenvalue weighted by Crippen LogP contribution is 2.34. The van der Waals surface area contributed by atoms with Crippen molar-refractivity contribution in [2.24, 2.45) is 0 Å². The van der Waals surface area contributed by atoms with Gasteiger partial charge in [-0.2, -0.15) is 0 Å². The van der Waals surface area contributed by atoms with Crippen LogP contribution in [-0.2, 0) is 24.2 Å². The van der Waals surface area contributed by atoms with Gasteiger partial charge < -0.3 is 9.73 Å². The number of pyridine rings is 1. The van der Waals surface area contributed by atoms with Crippen LogP contribution in [0.15, 0.2) is 52.1 Å². The fourth-order valence-electron chi connectivity index (χ4n) is 3.34. The molecule has 0 unspecified atom stereocenters. The Hall–Kier alpha value is -2.27. The summed E-state index contributed by atoms with van der Waals surface area (Å²) in [6, 6.07) is 12.0. The fourth-order valence-corrected chi connectivity index (χ4v) is 4.28. The molecule has 4 nitrogen and oxygen atoms in total. The highest BCUT2D eigenvalue weighted by Gasteiger charge is 2.19. The van der Waals surface area contributed by atoms with Gasteiger partial charge >= 0.3 is 0 Å². The van der Waals surface area contributed by atoms with Crippen molar-refractivity contribution in [2.75, 3.05) is 5.75 Å². The van der Waals surface area contributed by atoms with Crippen LogP contribution < -0.4 is 5.32 Å². The van der Waals surface area contributed by atoms with Gasteiger partial charge in [-0.15, -0.1) is 0 Å². The summed E-state index contributed by atoms with van der Waals surface area (Å²) < 4.78 is 5.24. The van der Waals surface area contributed by atoms with E-state index in [-0.39, 0.29) is 5.91 Å². The first-order valence-electron chi connectivity index (χ1n) is 8.63. The Kier molecular flexibility index (Phi) is 4.74. The van der Waals surface area contributed by atoms with Crippen LogP contribution in [0.4, 0.5) is 0 Å². The molecule has 1 aliphatic carbocycles. The predicted molar refractivity (Wildman–Crippen MR) is 99.7 cm³/mol. The Balaban J connectivity index is 1.50. The van der Waals surface area contributed by atoms with Gasteiger partial charge in [-0.05, 0) is 55.0 Å². The fraction of sp³-hybridized carbons (Fsp3) is 0.300. The Morgan fingerprint density at radius 3 is 2.80 bits per heavy atom. The van der Waals surface area contributed by atoms with Crippen LogP contribution in [-0.4, -0.2) is 16.6 Å². The molecule has 128 valence electrons. The van der Waals surface area contributed by atoms with Gasteiger partial charge in [0.2, 0.25) is 5.91 Å². The number of aromatic nitrogens is 1. The number of carbonyl (C=O) groups excluding carboxylic acids is 1. The van der Waals surface area contributed by atoms with Crippen LogP contribution in [0.3, 0.4) is 0 Å². The maximum absolute atomic E-state index is 12.1. The van der Waals surface area contributed by atoms with E-state index in [0.717, 1.165) is 29.1 Å². The number of aryl methyl sites for hydroxylation is 1. The monoisotopic (exact) mass is 352 g/mol. The molecule has 5 heteroatoms. The SMILES string of the molecule is O=C(CSc1nc2ccccc2c2c1CCCC2)NCc1ccco1. The minimum Gasteiger partial charge on any atom is -0.467 e. The number of amides is 1. The summed E-state index contributed by atoms with van der Waals surface area (Å²) in [5, 5.41) is 5.17. The Morgan fingerprint density at radius 2 is 1.96 bits per heavy atom. The molecule has 1 N–H and O–H groups in total. The number of para-hydroxylation sites is 1. The molecule has 2 heterocycles. The van der Waals surface area contributed by atoms with E-state index in [1.54, 1.807) is 18.0 Å². The molecule has 25 heavy (non-hydrogen) atoms. The molecule has 0 bridgehead atoms. The number of furan rings is 1. The average molecular weight is 352 g/mol. The molecule has 4 rings (SSSR count). The summed E-state index contributed by atoms with van der Waals surface area (Å²) in [6.45, 7) is 0.426. The second-order valence-electron chi connectivity index (χ2n) is 6.24. The van der Waals surface area contributed by atoms with Crippen LogP contribution >= 0.6 is 11.8 Å². The van der Waals surface area contributed by atoms with E-state index in [9.17, 15) is 4.79 Å². The Bertz CT molecular complexity index is 890. The molecule has 0 spiro atoms. The van der Waals surface area contributed by atoms with E-state index < -0.39 is 0 Å². The van der Waals surface area contributed by atoms with Gasteiger partial charge in [0.05, 0.1) is 24.1 Å². The third-order valence-corrected chi connectivity index (χ3v) is 5.57. The van der Waals surface area contributed by atoms with Crippen molar-refractivity contribution >= 4 is 28.6 Å². The summed E-state index contributed by atoms with van der Waals surface area (Å²) in [4.78, 5) is 17.0. The lowest BCUT2D eigenvalue weighted by Crippen LogP contribution is -2.24. The average Bonchev–Trinajstić information content (AvgIpc) is 3.18. The normalized spacial score (nSPS) is 13.6. The number of nitrogens with one attached hydrogen (secondary N) is 1. The second-order valence-corrected chi connectivity index (χ2v) is 7.21. The first kappa shape index (κ1) is 16.2. The Morgan fingerprint density at radius 1 is 1.12 bits per heavy atom. The molecule has 1 amide bonds. The van der Waals surface area contributed by atoms with Crippen molar-refractivity contribution in [3.8, 4) is 0 Å². The van der Waals surface area contributed by atoms with Crippen molar-refractivity contribution in [3.63, 3.8) is 0 Å². The Labute approximate surface area is 151 Å². The first-order chi connectivity index (χ1) is 12.3. The van der Waals surface area contributed by atoms with E-state index in [1.807, 2.05) is 18.2 Å². The summed E-state index contributed by atoms with van der Waals surface area (Å²) in [5.41, 5.74) is 3.80. The zero-order valence-electron chi connectivity index (χ0n) is 14.0. The smallest absolute Gasteiger partial charge is 0.230 e. The lowest BCUT2D eigenvalue weighted by Gasteiger charge is -2.20. The molecule has 0 saturated carbocycles. The van der Waals surface area contributed by atoms with Crippen molar-refractivity contribution in [1.82, 2.24) is 10.3 Å². The van der Waals surface area contributed by atoms with E-state index in [1.165, 1.54) is 29.4 Å². The number of rotatable bonds is 5. The highest BCUT2D eigenvalue weighted by molar-refractivity contribution is 7.99. The number of hydrogen-bond donors (Lipinski definition) is 1. The molecule has 1 aliphatic rings. The minimum absolute atomic E-state index is 0.000850. The summed E-state index contributed by atoms with van der Waals surface area (Å²) in [7, 11) is 0. The van der Waals surface area contributed by atoms with E-state index >= 15 is 0 Å². The van der Waals surface area contributed by atoms with Crippen LogP contribution in [0.2, 0.25) is 0 Å². The van der Waals surface area contributed by atoms with Crippen molar-refractivity contribution in [3.05, 3.63) is 59.5 Å². The molecular weight excluding hydrogens is 332 g/mol. The predicted octanol–water partition coefficient (Wildman–Crippen LogP) is 4.12. The molecule has 0 fully saturated rings. The largest absolute Gasteiger partial charge is 0.467 e. The molecule has 2 aromatic heterocycles. The highest BCUT2D eigenvalue weighted by atomic mass is 32.2. The standard InChI is InChI=1S/C20H20N2O2S/c23-19(21-12-14-6-5-11-24-14)13-25-20-17-9-2-1-7-15(17)16-8-3-4-10-18(16)22-20/h3-6,8,10-11H,1-2,7,9,12-13H2,(H,21,23). The zero-order chi connectivity index (χ0) is 17.1. The number of hydrogen-bond acceptors (Lipinski definition) is 4. The number of thioether (sulfide) groups is 1. The third kappa shape index (κ3) is 3.56. The number of nitrogens with zero attached hydrogens (tertiary/aromatic N) is 1. The lowest BCUT2D eigenvalue weighted by molar-refractivity contribution is -0.118. The minimum atomic E-state index is 0.000850. The lowest BCUT2D eigenvalue weighted by atomic mass is 9.90. The molecule has 0 atom stereocenters. The maximum atomic E-state index is 12.1. The first-order valence-corrected chi connectivity index (χ1v) is 9.62. The molecule has 0 saturated heterocycles. The molecular formula is C20H20N2O2S. The van der Waals surface area contributed by atoms with Crippen molar-refractivity contribution in [1.29, 1.82) is 0 Å². The maximum Gasteiger partial charge on any atom is 0.230 e. The van der Waals surface area contributed by atoms with Gasteiger partial charge in [0.15, 0.2) is 0 Å². The van der Waals surface area contributed by atoms with Gasteiger partial charge in [-0.1, -0.05) is 30.0 Å². The van der Waals surface area contributed by atoms with Crippen molar-refractivity contribution < 1.29 is 9.21 Å². The van der Waals surface area contributed by atoms with Gasteiger partial charge in [0.1, 0.15) is 10.8 Å². The molecule has 0 radical (unpaired) electrons. The van der Waals surface area contributed by atoms with Gasteiger partial charge in [-0.25, -0.2) is 4.98 Å². The second kappa shape index (κ2) is 7.31. The van der Waals surface area contributed by atoms with E-state index in [0.29, 0.717) is 12.3 Å². The summed E-state index contributed by atoms with van der Waals surface area (Å²) in [5.74, 6) is 1.14.